The number of hydrogen-bond donors (Lipinski definition) is 1. The minimum atomic E-state index is -1.26. The summed E-state index contributed by atoms with van der Waals surface area (Å²) in [4.78, 5) is 8.82. The van der Waals surface area contributed by atoms with Crippen molar-refractivity contribution in [1.82, 2.24) is 9.97 Å². The van der Waals surface area contributed by atoms with Crippen LogP contribution in [0.1, 0.15) is 64.6 Å². The van der Waals surface area contributed by atoms with Crippen molar-refractivity contribution in [3.05, 3.63) is 227 Å². The fourth-order valence-corrected chi connectivity index (χ4v) is 8.78. The molecule has 6 aromatic carbocycles. The van der Waals surface area contributed by atoms with Crippen molar-refractivity contribution in [3.8, 4) is 11.9 Å². The van der Waals surface area contributed by atoms with E-state index in [4.69, 9.17) is 18.9 Å². The van der Waals surface area contributed by atoms with Crippen LogP contribution in [-0.2, 0) is 26.3 Å². The summed E-state index contributed by atoms with van der Waals surface area (Å²) in [6.45, 7) is 0.652. The molecule has 0 atom stereocenters. The molecule has 7 heteroatoms. The molecule has 1 saturated carbocycles. The Balaban J connectivity index is 1.25. The molecule has 1 aromatic heterocycles. The van der Waals surface area contributed by atoms with Gasteiger partial charge >= 0.3 is 6.01 Å². The molecule has 0 unspecified atom stereocenters. The maximum absolute atomic E-state index is 12.5. The van der Waals surface area contributed by atoms with Crippen LogP contribution in [0, 0.1) is 5.41 Å². The van der Waals surface area contributed by atoms with Crippen LogP contribution in [0.25, 0.3) is 0 Å². The lowest BCUT2D eigenvalue weighted by molar-refractivity contribution is -0.136. The van der Waals surface area contributed by atoms with E-state index in [-0.39, 0.29) is 6.01 Å². The largest absolute Gasteiger partial charge is 0.481 e. The molecule has 1 aliphatic carbocycles. The van der Waals surface area contributed by atoms with Gasteiger partial charge in [-0.25, -0.2) is 4.98 Å². The molecular weight excluding hydrogens is 733 g/mol. The van der Waals surface area contributed by atoms with Crippen LogP contribution in [-0.4, -0.2) is 42.5 Å². The summed E-state index contributed by atoms with van der Waals surface area (Å²) < 4.78 is 26.3. The molecule has 298 valence electrons. The van der Waals surface area contributed by atoms with Crippen LogP contribution in [0.15, 0.2) is 188 Å². The summed E-state index contributed by atoms with van der Waals surface area (Å²) >= 11 is 0. The van der Waals surface area contributed by atoms with Gasteiger partial charge in [0.2, 0.25) is 5.88 Å². The number of methoxy groups -OCH3 is 2. The highest BCUT2D eigenvalue weighted by atomic mass is 16.5. The molecule has 1 aliphatic rings. The zero-order valence-electron chi connectivity index (χ0n) is 33.6. The van der Waals surface area contributed by atoms with Gasteiger partial charge in [-0.3, -0.25) is 0 Å². The molecule has 0 radical (unpaired) electrons. The highest BCUT2D eigenvalue weighted by Crippen LogP contribution is 2.52. The summed E-state index contributed by atoms with van der Waals surface area (Å²) in [5.41, 5.74) is 2.94. The van der Waals surface area contributed by atoms with Gasteiger partial charge in [0.05, 0.1) is 38.6 Å². The van der Waals surface area contributed by atoms with Crippen molar-refractivity contribution in [2.75, 3.05) is 27.4 Å². The molecule has 1 heterocycles. The second-order valence-corrected chi connectivity index (χ2v) is 15.4. The topological polar surface area (TPSA) is 82.9 Å². The van der Waals surface area contributed by atoms with E-state index >= 15 is 0 Å². The van der Waals surface area contributed by atoms with E-state index in [1.165, 1.54) is 7.11 Å². The lowest BCUT2D eigenvalue weighted by Gasteiger charge is -2.48. The Bertz CT molecular complexity index is 2050. The lowest BCUT2D eigenvalue weighted by Crippen LogP contribution is -2.47. The van der Waals surface area contributed by atoms with E-state index in [0.717, 1.165) is 33.4 Å². The Morgan fingerprint density at radius 3 is 1.08 bits per heavy atom. The number of benzene rings is 6. The van der Waals surface area contributed by atoms with Crippen LogP contribution < -0.4 is 9.47 Å². The van der Waals surface area contributed by atoms with Gasteiger partial charge in [-0.05, 0) is 59.1 Å². The Kier molecular flexibility index (Phi) is 11.7. The van der Waals surface area contributed by atoms with Crippen molar-refractivity contribution in [2.24, 2.45) is 5.41 Å². The molecule has 1 fully saturated rings. The van der Waals surface area contributed by atoms with Crippen molar-refractivity contribution >= 4 is 0 Å². The van der Waals surface area contributed by atoms with Crippen molar-refractivity contribution < 1.29 is 24.1 Å². The van der Waals surface area contributed by atoms with E-state index < -0.39 is 22.2 Å². The number of rotatable bonds is 15. The Labute approximate surface area is 347 Å². The number of aliphatic hydroxyl groups is 1. The first-order valence-electron chi connectivity index (χ1n) is 20.2. The number of ether oxygens (including phenoxy) is 4. The minimum absolute atomic E-state index is 0.180. The van der Waals surface area contributed by atoms with Gasteiger partial charge in [-0.2, -0.15) is 4.98 Å². The molecule has 8 rings (SSSR count). The highest BCUT2D eigenvalue weighted by molar-refractivity contribution is 5.49. The van der Waals surface area contributed by atoms with E-state index in [2.05, 4.69) is 156 Å². The molecule has 59 heavy (non-hydrogen) atoms. The average molecular weight is 783 g/mol. The predicted molar refractivity (Wildman–Crippen MR) is 230 cm³/mol. The van der Waals surface area contributed by atoms with Crippen LogP contribution in [0.5, 0.6) is 11.9 Å². The van der Waals surface area contributed by atoms with Crippen LogP contribution >= 0.6 is 0 Å². The second kappa shape index (κ2) is 17.4. The molecule has 0 aliphatic heterocycles. The molecule has 0 bridgehead atoms. The first-order chi connectivity index (χ1) is 28.9. The standard InChI is InChI=1S/C52H50N2O5/c1-56-47-46(37-53-48(54-47)57-2)50(55)35-33-49(34-36-50,38-58-51(40-21-9-3-10-22-40,41-23-11-4-12-24-41)42-25-13-5-14-26-42)39-59-52(43-27-15-6-16-28-43,44-29-17-7-18-30-44)45-31-19-8-20-32-45/h3-32,37,55H,33-36,38-39H2,1-2H3. The quantitative estimate of drug-likeness (QED) is 0.104. The SMILES string of the molecule is COc1ncc(C2(O)CCC(COC(c3ccccc3)(c3ccccc3)c3ccccc3)(COC(c3ccccc3)(c3ccccc3)c3ccccc3)CC2)c(OC)n1. The molecule has 1 N–H and O–H groups in total. The van der Waals surface area contributed by atoms with Crippen LogP contribution in [0.2, 0.25) is 0 Å². The number of nitrogens with zero attached hydrogens (tertiary/aromatic N) is 2. The fourth-order valence-electron chi connectivity index (χ4n) is 8.78. The lowest BCUT2D eigenvalue weighted by atomic mass is 9.67. The number of hydrogen-bond acceptors (Lipinski definition) is 7. The highest BCUT2D eigenvalue weighted by Gasteiger charge is 2.49. The van der Waals surface area contributed by atoms with Crippen molar-refractivity contribution in [3.63, 3.8) is 0 Å². The minimum Gasteiger partial charge on any atom is -0.481 e. The van der Waals surface area contributed by atoms with Gasteiger partial charge in [0.1, 0.15) is 11.2 Å². The first-order valence-corrected chi connectivity index (χ1v) is 20.2. The van der Waals surface area contributed by atoms with Crippen LogP contribution in [0.4, 0.5) is 0 Å². The zero-order chi connectivity index (χ0) is 40.6. The van der Waals surface area contributed by atoms with Gasteiger partial charge in [-0.1, -0.05) is 182 Å². The average Bonchev–Trinajstić information content (AvgIpc) is 3.32. The maximum Gasteiger partial charge on any atom is 0.319 e. The summed E-state index contributed by atoms with van der Waals surface area (Å²) in [6, 6.07) is 62.9. The Hall–Kier alpha value is -6.12. The third-order valence-electron chi connectivity index (χ3n) is 12.0. The predicted octanol–water partition coefficient (Wildman–Crippen LogP) is 10.3. The molecular formula is C52H50N2O5. The molecule has 7 aromatic rings. The van der Waals surface area contributed by atoms with Gasteiger partial charge in [0.25, 0.3) is 0 Å². The maximum atomic E-state index is 12.5. The van der Waals surface area contributed by atoms with Gasteiger partial charge in [-0.15, -0.1) is 0 Å². The van der Waals surface area contributed by atoms with Crippen molar-refractivity contribution in [1.29, 1.82) is 0 Å². The van der Waals surface area contributed by atoms with E-state index in [0.29, 0.717) is 50.3 Å². The smallest absolute Gasteiger partial charge is 0.319 e. The second-order valence-electron chi connectivity index (χ2n) is 15.4. The zero-order valence-corrected chi connectivity index (χ0v) is 33.6. The van der Waals surface area contributed by atoms with Gasteiger partial charge in [0.15, 0.2) is 0 Å². The van der Waals surface area contributed by atoms with E-state index in [1.54, 1.807) is 13.3 Å². The van der Waals surface area contributed by atoms with E-state index in [1.807, 2.05) is 36.4 Å². The first kappa shape index (κ1) is 39.7. The van der Waals surface area contributed by atoms with Crippen molar-refractivity contribution in [2.45, 2.75) is 42.5 Å². The van der Waals surface area contributed by atoms with Gasteiger partial charge < -0.3 is 24.1 Å². The van der Waals surface area contributed by atoms with Gasteiger partial charge in [0, 0.05) is 11.6 Å². The summed E-state index contributed by atoms with van der Waals surface area (Å²) in [5.74, 6) is 0.298. The third kappa shape index (κ3) is 7.77. The molecule has 0 amide bonds. The summed E-state index contributed by atoms with van der Waals surface area (Å²) in [6.07, 6.45) is 3.57. The van der Waals surface area contributed by atoms with Crippen LogP contribution in [0.3, 0.4) is 0 Å². The normalized spacial score (nSPS) is 15.0. The molecule has 7 nitrogen and oxygen atoms in total. The molecule has 0 saturated heterocycles. The Morgan fingerprint density at radius 1 is 0.475 bits per heavy atom. The number of aromatic nitrogens is 2. The fraction of sp³-hybridized carbons (Fsp3) is 0.231. The summed E-state index contributed by atoms with van der Waals surface area (Å²) in [7, 11) is 3.06. The summed E-state index contributed by atoms with van der Waals surface area (Å²) in [5, 5.41) is 12.5. The monoisotopic (exact) mass is 782 g/mol. The Morgan fingerprint density at radius 2 is 0.797 bits per heavy atom. The third-order valence-corrected chi connectivity index (χ3v) is 12.0. The van der Waals surface area contributed by atoms with E-state index in [9.17, 15) is 5.11 Å². The molecule has 0 spiro atoms.